The minimum absolute atomic E-state index is 0.0190. The van der Waals surface area contributed by atoms with Crippen molar-refractivity contribution in [1.29, 1.82) is 0 Å². The fraction of sp³-hybridized carbons (Fsp3) is 0.417. The molecule has 17 heavy (non-hydrogen) atoms. The van der Waals surface area contributed by atoms with Gasteiger partial charge < -0.3 is 4.90 Å². The van der Waals surface area contributed by atoms with E-state index in [9.17, 15) is 4.79 Å². The summed E-state index contributed by atoms with van der Waals surface area (Å²) >= 11 is 18.6. The molecule has 1 heterocycles. The molecule has 1 saturated carbocycles. The summed E-state index contributed by atoms with van der Waals surface area (Å²) in [4.78, 5) is 13.8. The van der Waals surface area contributed by atoms with E-state index in [1.807, 2.05) is 24.3 Å². The topological polar surface area (TPSA) is 20.3 Å². The van der Waals surface area contributed by atoms with Crippen LogP contribution in [0.25, 0.3) is 0 Å². The predicted octanol–water partition coefficient (Wildman–Crippen LogP) is 3.02. The van der Waals surface area contributed by atoms with Gasteiger partial charge >= 0.3 is 0 Å². The average Bonchev–Trinajstić information content (AvgIpc) is 2.32. The Morgan fingerprint density at radius 2 is 1.94 bits per heavy atom. The Kier molecular flexibility index (Phi) is 2.42. The van der Waals surface area contributed by atoms with Gasteiger partial charge in [0.15, 0.2) is 4.33 Å². The van der Waals surface area contributed by atoms with Gasteiger partial charge in [-0.3, -0.25) is 4.79 Å². The number of hydrogen-bond acceptors (Lipinski definition) is 1. The van der Waals surface area contributed by atoms with E-state index in [1.54, 1.807) is 11.9 Å². The van der Waals surface area contributed by atoms with Gasteiger partial charge in [-0.15, -0.1) is 11.6 Å². The summed E-state index contributed by atoms with van der Waals surface area (Å²) in [5.41, 5.74) is 1.66. The highest BCUT2D eigenvalue weighted by Crippen LogP contribution is 2.59. The van der Waals surface area contributed by atoms with E-state index < -0.39 is 4.33 Å². The average molecular weight is 291 g/mol. The lowest BCUT2D eigenvalue weighted by atomic mass is 9.69. The Morgan fingerprint density at radius 1 is 1.29 bits per heavy atom. The van der Waals surface area contributed by atoms with Gasteiger partial charge in [0.25, 0.3) is 5.91 Å². The zero-order valence-electron chi connectivity index (χ0n) is 9.03. The molecule has 1 fully saturated rings. The van der Waals surface area contributed by atoms with E-state index >= 15 is 0 Å². The van der Waals surface area contributed by atoms with Crippen LogP contribution in [0, 0.1) is 0 Å². The van der Waals surface area contributed by atoms with Gasteiger partial charge in [-0.1, -0.05) is 41.4 Å². The number of carbonyl (C=O) groups excluding carboxylic acids is 1. The third-order valence-corrected chi connectivity index (χ3v) is 5.46. The highest BCUT2D eigenvalue weighted by molar-refractivity contribution is 6.54. The van der Waals surface area contributed by atoms with Crippen LogP contribution in [-0.4, -0.2) is 33.6 Å². The lowest BCUT2D eigenvalue weighted by molar-refractivity contribution is 0.0530. The van der Waals surface area contributed by atoms with Crippen molar-refractivity contribution < 1.29 is 4.79 Å². The minimum atomic E-state index is -1.07. The zero-order valence-corrected chi connectivity index (χ0v) is 11.3. The second kappa shape index (κ2) is 3.53. The molecular formula is C12H10Cl3NO. The molecule has 0 spiro atoms. The third-order valence-electron chi connectivity index (χ3n) is 3.71. The number of alkyl halides is 3. The lowest BCUT2D eigenvalue weighted by Crippen LogP contribution is -2.69. The largest absolute Gasteiger partial charge is 0.335 e. The molecule has 2 aliphatic rings. The standard InChI is InChI=1S/C12H10Cl3NO/c1-16-10-8(9(13)12(10,14)15)6-4-2-3-5-7(6)11(16)17/h2-5,8-10H,1H3/t8-,9-,10-/m1/s1. The fourth-order valence-electron chi connectivity index (χ4n) is 2.81. The molecule has 1 aromatic carbocycles. The predicted molar refractivity (Wildman–Crippen MR) is 69.1 cm³/mol. The SMILES string of the molecule is CN1C(=O)c2ccccc2[C@@H]2[C@@H](Cl)C(Cl)(Cl)[C@@H]21. The number of carbonyl (C=O) groups is 1. The van der Waals surface area contributed by atoms with Gasteiger partial charge in [0.05, 0.1) is 11.4 Å². The van der Waals surface area contributed by atoms with Crippen molar-refractivity contribution in [3.63, 3.8) is 0 Å². The summed E-state index contributed by atoms with van der Waals surface area (Å²) in [7, 11) is 1.72. The Morgan fingerprint density at radius 3 is 2.65 bits per heavy atom. The monoisotopic (exact) mass is 289 g/mol. The molecule has 0 aromatic heterocycles. The van der Waals surface area contributed by atoms with Crippen molar-refractivity contribution in [3.05, 3.63) is 35.4 Å². The van der Waals surface area contributed by atoms with E-state index in [-0.39, 0.29) is 23.2 Å². The number of amides is 1. The molecule has 0 N–H and O–H groups in total. The number of nitrogens with zero attached hydrogens (tertiary/aromatic N) is 1. The van der Waals surface area contributed by atoms with E-state index in [1.165, 1.54) is 0 Å². The number of likely N-dealkylation sites (N-methyl/N-ethyl adjacent to an activating group) is 1. The van der Waals surface area contributed by atoms with Crippen molar-refractivity contribution in [3.8, 4) is 0 Å². The highest BCUT2D eigenvalue weighted by Gasteiger charge is 2.65. The second-order valence-corrected chi connectivity index (χ2v) is 6.46. The van der Waals surface area contributed by atoms with Gasteiger partial charge in [-0.05, 0) is 11.6 Å². The maximum absolute atomic E-state index is 12.2. The first-order chi connectivity index (χ1) is 7.96. The summed E-state index contributed by atoms with van der Waals surface area (Å²) in [5, 5.41) is -0.368. The van der Waals surface area contributed by atoms with Crippen LogP contribution in [0.15, 0.2) is 24.3 Å². The molecule has 1 aromatic rings. The van der Waals surface area contributed by atoms with E-state index in [0.29, 0.717) is 5.56 Å². The van der Waals surface area contributed by atoms with Crippen molar-refractivity contribution in [2.45, 2.75) is 21.7 Å². The van der Waals surface area contributed by atoms with Gasteiger partial charge in [0, 0.05) is 18.5 Å². The Balaban J connectivity index is 2.16. The molecular weight excluding hydrogens is 280 g/mol. The molecule has 0 bridgehead atoms. The van der Waals surface area contributed by atoms with Crippen LogP contribution in [0.3, 0.4) is 0 Å². The Hall–Kier alpha value is -0.440. The van der Waals surface area contributed by atoms with Gasteiger partial charge in [0.2, 0.25) is 0 Å². The van der Waals surface area contributed by atoms with Crippen LogP contribution in [0.4, 0.5) is 0 Å². The highest BCUT2D eigenvalue weighted by atomic mass is 35.5. The van der Waals surface area contributed by atoms with Crippen LogP contribution in [-0.2, 0) is 0 Å². The molecule has 0 saturated heterocycles. The molecule has 3 atom stereocenters. The fourth-order valence-corrected chi connectivity index (χ4v) is 4.05. The number of fused-ring (bicyclic) bond motifs is 3. The van der Waals surface area contributed by atoms with E-state index in [2.05, 4.69) is 0 Å². The van der Waals surface area contributed by atoms with E-state index in [0.717, 1.165) is 5.56 Å². The Labute approximate surface area is 114 Å². The summed E-state index contributed by atoms with van der Waals surface area (Å²) in [6, 6.07) is 7.25. The lowest BCUT2D eigenvalue weighted by Gasteiger charge is -2.57. The van der Waals surface area contributed by atoms with Crippen molar-refractivity contribution >= 4 is 40.7 Å². The minimum Gasteiger partial charge on any atom is -0.335 e. The summed E-state index contributed by atoms with van der Waals surface area (Å²) in [5.74, 6) is -0.0262. The number of halogens is 3. The molecule has 0 radical (unpaired) electrons. The third kappa shape index (κ3) is 1.32. The van der Waals surface area contributed by atoms with E-state index in [4.69, 9.17) is 34.8 Å². The first kappa shape index (κ1) is 11.6. The van der Waals surface area contributed by atoms with Gasteiger partial charge in [-0.25, -0.2) is 0 Å². The Bertz CT molecular complexity index is 502. The van der Waals surface area contributed by atoms with Crippen LogP contribution < -0.4 is 0 Å². The maximum atomic E-state index is 12.2. The molecule has 5 heteroatoms. The van der Waals surface area contributed by atoms with Crippen molar-refractivity contribution in [2.24, 2.45) is 0 Å². The molecule has 1 aliphatic carbocycles. The summed E-state index contributed by atoms with van der Waals surface area (Å²) in [6.45, 7) is 0. The zero-order chi connectivity index (χ0) is 12.4. The smallest absolute Gasteiger partial charge is 0.254 e. The summed E-state index contributed by atoms with van der Waals surface area (Å²) in [6.07, 6.45) is 0. The molecule has 0 unspecified atom stereocenters. The van der Waals surface area contributed by atoms with Crippen LogP contribution in [0.5, 0.6) is 0 Å². The summed E-state index contributed by atoms with van der Waals surface area (Å²) < 4.78 is -1.07. The molecule has 90 valence electrons. The van der Waals surface area contributed by atoms with Crippen LogP contribution >= 0.6 is 34.8 Å². The molecule has 1 amide bonds. The quantitative estimate of drug-likeness (QED) is 0.673. The van der Waals surface area contributed by atoms with Crippen molar-refractivity contribution in [1.82, 2.24) is 4.90 Å². The van der Waals surface area contributed by atoms with Gasteiger partial charge in [-0.2, -0.15) is 0 Å². The molecule has 1 aliphatic heterocycles. The molecule has 2 nitrogen and oxygen atoms in total. The van der Waals surface area contributed by atoms with Crippen molar-refractivity contribution in [2.75, 3.05) is 7.05 Å². The van der Waals surface area contributed by atoms with Gasteiger partial charge in [0.1, 0.15) is 0 Å². The normalized spacial score (nSPS) is 33.8. The number of benzene rings is 1. The maximum Gasteiger partial charge on any atom is 0.254 e. The van der Waals surface area contributed by atoms with Crippen LogP contribution in [0.2, 0.25) is 0 Å². The number of hydrogen-bond donors (Lipinski definition) is 0. The number of rotatable bonds is 0. The van der Waals surface area contributed by atoms with Crippen LogP contribution in [0.1, 0.15) is 21.8 Å². The first-order valence-corrected chi connectivity index (χ1v) is 6.53. The molecule has 3 rings (SSSR count). The first-order valence-electron chi connectivity index (χ1n) is 5.34. The second-order valence-electron chi connectivity index (χ2n) is 4.55.